The Labute approximate surface area is 157 Å². The molecular formula is C20H23N3O4. The van der Waals surface area contributed by atoms with E-state index >= 15 is 0 Å². The largest absolute Gasteiger partial charge is 0.493 e. The quantitative estimate of drug-likeness (QED) is 0.659. The molecule has 3 aromatic rings. The van der Waals surface area contributed by atoms with Gasteiger partial charge in [0.25, 0.3) is 5.91 Å². The van der Waals surface area contributed by atoms with Gasteiger partial charge in [-0.3, -0.25) is 9.48 Å². The van der Waals surface area contributed by atoms with Crippen LogP contribution >= 0.6 is 0 Å². The van der Waals surface area contributed by atoms with Gasteiger partial charge >= 0.3 is 0 Å². The molecular weight excluding hydrogens is 346 g/mol. The molecule has 7 heteroatoms. The third-order valence-corrected chi connectivity index (χ3v) is 4.14. The van der Waals surface area contributed by atoms with Gasteiger partial charge in [-0.05, 0) is 38.1 Å². The molecule has 7 nitrogen and oxygen atoms in total. The van der Waals surface area contributed by atoms with E-state index < -0.39 is 0 Å². The van der Waals surface area contributed by atoms with Crippen molar-refractivity contribution in [3.8, 4) is 11.5 Å². The van der Waals surface area contributed by atoms with Gasteiger partial charge < -0.3 is 19.2 Å². The Morgan fingerprint density at radius 2 is 2.00 bits per heavy atom. The van der Waals surface area contributed by atoms with E-state index in [0.29, 0.717) is 23.8 Å². The van der Waals surface area contributed by atoms with Crippen molar-refractivity contribution in [1.29, 1.82) is 0 Å². The van der Waals surface area contributed by atoms with Crippen LogP contribution in [0.1, 0.15) is 34.5 Å². The van der Waals surface area contributed by atoms with E-state index in [1.54, 1.807) is 19.2 Å². The Kier molecular flexibility index (Phi) is 5.80. The van der Waals surface area contributed by atoms with E-state index in [2.05, 4.69) is 10.4 Å². The predicted octanol–water partition coefficient (Wildman–Crippen LogP) is 3.32. The number of carbonyl (C=O) groups excluding carboxylic acids is 1. The normalized spacial score (nSPS) is 10.6. The third kappa shape index (κ3) is 4.49. The van der Waals surface area contributed by atoms with E-state index in [9.17, 15) is 4.79 Å². The van der Waals surface area contributed by atoms with Crippen LogP contribution in [0.15, 0.2) is 47.0 Å². The van der Waals surface area contributed by atoms with Crippen molar-refractivity contribution in [3.63, 3.8) is 0 Å². The highest BCUT2D eigenvalue weighted by Gasteiger charge is 2.13. The molecule has 0 saturated heterocycles. The molecule has 0 aliphatic heterocycles. The minimum Gasteiger partial charge on any atom is -0.493 e. The van der Waals surface area contributed by atoms with Crippen molar-refractivity contribution < 1.29 is 18.7 Å². The second-order valence-electron chi connectivity index (χ2n) is 5.98. The maximum absolute atomic E-state index is 12.3. The van der Waals surface area contributed by atoms with Crippen molar-refractivity contribution in [2.24, 2.45) is 0 Å². The molecule has 1 aromatic carbocycles. The lowest BCUT2D eigenvalue weighted by atomic mass is 10.2. The van der Waals surface area contributed by atoms with Crippen molar-refractivity contribution in [3.05, 3.63) is 65.4 Å². The van der Waals surface area contributed by atoms with Crippen molar-refractivity contribution >= 4 is 5.91 Å². The first-order valence-electron chi connectivity index (χ1n) is 8.76. The van der Waals surface area contributed by atoms with E-state index in [1.165, 1.54) is 0 Å². The highest BCUT2D eigenvalue weighted by molar-refractivity contribution is 5.91. The molecule has 0 aliphatic rings. The Hall–Kier alpha value is -3.22. The van der Waals surface area contributed by atoms with Crippen LogP contribution in [0.3, 0.4) is 0 Å². The van der Waals surface area contributed by atoms with Gasteiger partial charge in [0.2, 0.25) is 0 Å². The molecule has 0 saturated carbocycles. The zero-order valence-corrected chi connectivity index (χ0v) is 15.7. The molecule has 0 atom stereocenters. The summed E-state index contributed by atoms with van der Waals surface area (Å²) in [5, 5.41) is 7.22. The van der Waals surface area contributed by atoms with E-state index in [-0.39, 0.29) is 18.3 Å². The Bertz CT molecular complexity index is 914. The van der Waals surface area contributed by atoms with Gasteiger partial charge in [-0.25, -0.2) is 0 Å². The van der Waals surface area contributed by atoms with Gasteiger partial charge in [-0.15, -0.1) is 0 Å². The van der Waals surface area contributed by atoms with Gasteiger partial charge in [0.05, 0.1) is 12.8 Å². The zero-order valence-electron chi connectivity index (χ0n) is 15.7. The number of para-hydroxylation sites is 2. The maximum atomic E-state index is 12.3. The number of ether oxygens (including phenoxy) is 2. The summed E-state index contributed by atoms with van der Waals surface area (Å²) in [6, 6.07) is 10.7. The minimum atomic E-state index is -0.276. The van der Waals surface area contributed by atoms with E-state index in [1.807, 2.05) is 49.0 Å². The van der Waals surface area contributed by atoms with Crippen molar-refractivity contribution in [1.82, 2.24) is 15.1 Å². The molecule has 0 aliphatic carbocycles. The summed E-state index contributed by atoms with van der Waals surface area (Å²) in [5.41, 5.74) is 1.89. The summed E-state index contributed by atoms with van der Waals surface area (Å²) in [7, 11) is 1.59. The fourth-order valence-corrected chi connectivity index (χ4v) is 2.62. The second-order valence-corrected chi connectivity index (χ2v) is 5.98. The molecule has 2 heterocycles. The Morgan fingerprint density at radius 3 is 2.70 bits per heavy atom. The minimum absolute atomic E-state index is 0.204. The number of aryl methyl sites for hydroxylation is 2. The fourth-order valence-electron chi connectivity index (χ4n) is 2.62. The first kappa shape index (κ1) is 18.6. The Balaban J connectivity index is 1.56. The topological polar surface area (TPSA) is 78.5 Å². The fraction of sp³-hybridized carbons (Fsp3) is 0.300. The number of carbonyl (C=O) groups is 1. The molecule has 0 unspecified atom stereocenters. The average Bonchev–Trinajstić information content (AvgIpc) is 3.31. The molecule has 1 amide bonds. The smallest absolute Gasteiger partial charge is 0.287 e. The number of nitrogens with zero attached hydrogens (tertiary/aromatic N) is 2. The summed E-state index contributed by atoms with van der Waals surface area (Å²) in [4.78, 5) is 12.3. The zero-order chi connectivity index (χ0) is 19.2. The summed E-state index contributed by atoms with van der Waals surface area (Å²) < 4.78 is 18.4. The van der Waals surface area contributed by atoms with Crippen LogP contribution in [0.5, 0.6) is 11.5 Å². The predicted molar refractivity (Wildman–Crippen MR) is 99.8 cm³/mol. The van der Waals surface area contributed by atoms with Crippen molar-refractivity contribution in [2.45, 2.75) is 33.5 Å². The number of hydrogen-bond donors (Lipinski definition) is 1. The van der Waals surface area contributed by atoms with Gasteiger partial charge in [0.1, 0.15) is 12.4 Å². The molecule has 1 N–H and O–H groups in total. The molecule has 27 heavy (non-hydrogen) atoms. The number of amides is 1. The van der Waals surface area contributed by atoms with Crippen LogP contribution in [0.25, 0.3) is 0 Å². The molecule has 142 valence electrons. The number of nitrogens with one attached hydrogen (secondary N) is 1. The van der Waals surface area contributed by atoms with Crippen LogP contribution in [0, 0.1) is 6.92 Å². The van der Waals surface area contributed by atoms with Crippen LogP contribution < -0.4 is 14.8 Å². The van der Waals surface area contributed by atoms with Gasteiger partial charge in [0, 0.05) is 24.8 Å². The lowest BCUT2D eigenvalue weighted by Crippen LogP contribution is -2.22. The van der Waals surface area contributed by atoms with Crippen LogP contribution in [-0.4, -0.2) is 22.8 Å². The van der Waals surface area contributed by atoms with Crippen LogP contribution in [0.4, 0.5) is 0 Å². The van der Waals surface area contributed by atoms with Crippen LogP contribution in [-0.2, 0) is 19.7 Å². The highest BCUT2D eigenvalue weighted by atomic mass is 16.5. The van der Waals surface area contributed by atoms with Gasteiger partial charge in [0.15, 0.2) is 17.3 Å². The number of furan rings is 1. The summed E-state index contributed by atoms with van der Waals surface area (Å²) in [6.45, 7) is 5.34. The molecule has 0 fully saturated rings. The Morgan fingerprint density at radius 1 is 1.22 bits per heavy atom. The van der Waals surface area contributed by atoms with E-state index in [0.717, 1.165) is 17.8 Å². The van der Waals surface area contributed by atoms with E-state index in [4.69, 9.17) is 13.9 Å². The number of hydrogen-bond acceptors (Lipinski definition) is 5. The second kappa shape index (κ2) is 8.44. The number of aromatic nitrogens is 2. The maximum Gasteiger partial charge on any atom is 0.287 e. The number of rotatable bonds is 8. The third-order valence-electron chi connectivity index (χ3n) is 4.14. The molecule has 0 spiro atoms. The van der Waals surface area contributed by atoms with Gasteiger partial charge in [-0.1, -0.05) is 12.1 Å². The molecule has 2 aromatic heterocycles. The monoisotopic (exact) mass is 369 g/mol. The highest BCUT2D eigenvalue weighted by Crippen LogP contribution is 2.26. The number of methoxy groups -OCH3 is 1. The molecule has 0 bridgehead atoms. The first-order valence-corrected chi connectivity index (χ1v) is 8.76. The SMILES string of the molecule is CCn1cc(CNC(=O)c2ccc(COc3ccccc3OC)o2)c(C)n1. The molecule has 0 radical (unpaired) electrons. The van der Waals surface area contributed by atoms with Crippen molar-refractivity contribution in [2.75, 3.05) is 7.11 Å². The summed E-state index contributed by atoms with van der Waals surface area (Å²) in [6.07, 6.45) is 1.93. The van der Waals surface area contributed by atoms with Crippen LogP contribution in [0.2, 0.25) is 0 Å². The first-order chi connectivity index (χ1) is 13.1. The van der Waals surface area contributed by atoms with Gasteiger partial charge in [-0.2, -0.15) is 5.10 Å². The molecule has 3 rings (SSSR count). The standard InChI is InChI=1S/C20H23N3O4/c1-4-23-12-15(14(2)22-23)11-21-20(24)19-10-9-16(27-19)13-26-18-8-6-5-7-17(18)25-3/h5-10,12H,4,11,13H2,1-3H3,(H,21,24). The lowest BCUT2D eigenvalue weighted by Gasteiger charge is -2.08. The lowest BCUT2D eigenvalue weighted by molar-refractivity contribution is 0.0919. The average molecular weight is 369 g/mol. The number of benzene rings is 1. The summed E-state index contributed by atoms with van der Waals surface area (Å²) >= 11 is 0. The summed E-state index contributed by atoms with van der Waals surface area (Å²) in [5.74, 6) is 1.79.